The van der Waals surface area contributed by atoms with Gasteiger partial charge in [-0.05, 0) is 25.1 Å². The molecule has 168 valence electrons. The average Bonchev–Trinajstić information content (AvgIpc) is 3.25. The Kier molecular flexibility index (Phi) is 5.63. The van der Waals surface area contributed by atoms with E-state index in [-0.39, 0.29) is 11.6 Å². The molecule has 3 rings (SSSR count). The number of nitrogens with zero attached hydrogens (tertiary/aromatic N) is 4. The van der Waals surface area contributed by atoms with Gasteiger partial charge in [0, 0.05) is 29.5 Å². The van der Waals surface area contributed by atoms with E-state index in [2.05, 4.69) is 10.1 Å². The molecule has 3 amide bonds. The Bertz CT molecular complexity index is 1130. The molecule has 1 N–H and O–H groups in total. The molecule has 32 heavy (non-hydrogen) atoms. The van der Waals surface area contributed by atoms with Crippen LogP contribution in [0.15, 0.2) is 42.3 Å². The van der Waals surface area contributed by atoms with Gasteiger partial charge in [-0.25, -0.2) is 9.67 Å². The van der Waals surface area contributed by atoms with E-state index >= 15 is 0 Å². The summed E-state index contributed by atoms with van der Waals surface area (Å²) in [5, 5.41) is 4.19. The smallest absolute Gasteiger partial charge is 0.268 e. The normalized spacial score (nSPS) is 15.0. The molecular weight excluding hydrogens is 448 g/mol. The van der Waals surface area contributed by atoms with Gasteiger partial charge in [0.15, 0.2) is 5.82 Å². The largest absolute Gasteiger partial charge is 0.416 e. The molecule has 2 heterocycles. The predicted octanol–water partition coefficient (Wildman–Crippen LogP) is 2.80. The van der Waals surface area contributed by atoms with Crippen LogP contribution in [-0.4, -0.2) is 37.5 Å². The van der Waals surface area contributed by atoms with E-state index < -0.39 is 52.6 Å². The van der Waals surface area contributed by atoms with Crippen molar-refractivity contribution in [3.63, 3.8) is 0 Å². The first-order valence-electron chi connectivity index (χ1n) is 8.52. The molecule has 1 aromatic heterocycles. The fourth-order valence-electron chi connectivity index (χ4n) is 2.55. The van der Waals surface area contributed by atoms with Gasteiger partial charge >= 0.3 is 12.4 Å². The summed E-state index contributed by atoms with van der Waals surface area (Å²) in [6.45, 7) is 1.37. The van der Waals surface area contributed by atoms with Crippen molar-refractivity contribution in [1.29, 1.82) is 0 Å². The lowest BCUT2D eigenvalue weighted by Gasteiger charge is -2.13. The van der Waals surface area contributed by atoms with Crippen molar-refractivity contribution in [2.75, 3.05) is 0 Å². The van der Waals surface area contributed by atoms with Crippen LogP contribution in [0.1, 0.15) is 18.1 Å². The number of alkyl halides is 6. The summed E-state index contributed by atoms with van der Waals surface area (Å²) in [7, 11) is 0. The lowest BCUT2D eigenvalue weighted by Crippen LogP contribution is -2.45. The lowest BCUT2D eigenvalue weighted by atomic mass is 10.0. The second-order valence-electron chi connectivity index (χ2n) is 6.44. The van der Waals surface area contributed by atoms with Gasteiger partial charge in [-0.1, -0.05) is 0 Å². The van der Waals surface area contributed by atoms with Crippen LogP contribution >= 0.6 is 0 Å². The number of benzene rings is 1. The molecule has 14 heteroatoms. The summed E-state index contributed by atoms with van der Waals surface area (Å²) in [5.41, 5.74) is -1.48. The zero-order valence-electron chi connectivity index (χ0n) is 15.8. The number of amides is 3. The number of rotatable bonds is 4. The van der Waals surface area contributed by atoms with E-state index in [9.17, 15) is 40.7 Å². The maximum Gasteiger partial charge on any atom is 0.416 e. The van der Waals surface area contributed by atoms with Gasteiger partial charge in [-0.2, -0.15) is 31.4 Å². The maximum absolute atomic E-state index is 13.0. The molecular formula is C18H11F6N5O3. The molecule has 1 aromatic carbocycles. The topological polar surface area (TPSA) is 97.2 Å². The van der Waals surface area contributed by atoms with Crippen LogP contribution in [-0.2, 0) is 26.7 Å². The molecule has 0 bridgehead atoms. The Labute approximate surface area is 174 Å². The van der Waals surface area contributed by atoms with Crippen molar-refractivity contribution in [1.82, 2.24) is 25.2 Å². The number of hydrazine groups is 1. The third-order valence-corrected chi connectivity index (χ3v) is 4.06. The van der Waals surface area contributed by atoms with Gasteiger partial charge in [0.25, 0.3) is 17.7 Å². The SMILES string of the molecule is CC1=CC(=O)N(NC(=O)/C=C\n2cnc(-c3cc(C(F)(F)F)cc(C(F)(F)F)c3)n2)C1=O. The molecule has 1 aliphatic heterocycles. The number of carbonyl (C=O) groups excluding carboxylic acids is 3. The van der Waals surface area contributed by atoms with Crippen molar-refractivity contribution >= 4 is 23.9 Å². The van der Waals surface area contributed by atoms with Crippen molar-refractivity contribution in [2.45, 2.75) is 19.3 Å². The zero-order valence-corrected chi connectivity index (χ0v) is 15.8. The third-order valence-electron chi connectivity index (χ3n) is 4.06. The van der Waals surface area contributed by atoms with Crippen LogP contribution in [0.5, 0.6) is 0 Å². The summed E-state index contributed by atoms with van der Waals surface area (Å²) in [4.78, 5) is 38.8. The first kappa shape index (κ1) is 22.7. The summed E-state index contributed by atoms with van der Waals surface area (Å²) >= 11 is 0. The Morgan fingerprint density at radius 2 is 1.62 bits per heavy atom. The van der Waals surface area contributed by atoms with Gasteiger partial charge in [0.1, 0.15) is 6.33 Å². The highest BCUT2D eigenvalue weighted by molar-refractivity contribution is 6.16. The Hall–Kier alpha value is -3.97. The average molecular weight is 459 g/mol. The number of nitrogens with one attached hydrogen (secondary N) is 1. The summed E-state index contributed by atoms with van der Waals surface area (Å²) < 4.78 is 78.8. The minimum atomic E-state index is -5.03. The minimum absolute atomic E-state index is 0.0256. The highest BCUT2D eigenvalue weighted by Crippen LogP contribution is 2.38. The van der Waals surface area contributed by atoms with E-state index in [0.29, 0.717) is 17.1 Å². The van der Waals surface area contributed by atoms with Crippen molar-refractivity contribution in [2.24, 2.45) is 0 Å². The standard InChI is InChI=1S/C18H11F6N5O3/c1-9-4-14(31)29(16(9)32)26-13(30)2-3-28-8-25-15(27-28)10-5-11(17(19,20)21)7-12(6-10)18(22,23)24/h2-8H,1H3,(H,26,30)/b3-2-. The van der Waals surface area contributed by atoms with Crippen LogP contribution in [0.3, 0.4) is 0 Å². The van der Waals surface area contributed by atoms with E-state index in [0.717, 1.165) is 29.4 Å². The number of aromatic nitrogens is 3. The second kappa shape index (κ2) is 7.94. The van der Waals surface area contributed by atoms with E-state index in [1.54, 1.807) is 0 Å². The molecule has 0 spiro atoms. The maximum atomic E-state index is 13.0. The molecule has 0 atom stereocenters. The summed E-state index contributed by atoms with van der Waals surface area (Å²) in [6.07, 6.45) is -6.33. The van der Waals surface area contributed by atoms with Crippen LogP contribution in [0.2, 0.25) is 0 Å². The quantitative estimate of drug-likeness (QED) is 0.431. The van der Waals surface area contributed by atoms with Crippen LogP contribution in [0, 0.1) is 0 Å². The highest BCUT2D eigenvalue weighted by Gasteiger charge is 2.37. The third kappa shape index (κ3) is 4.84. The molecule has 1 aliphatic rings. The Balaban J connectivity index is 1.80. The van der Waals surface area contributed by atoms with E-state index in [4.69, 9.17) is 0 Å². The highest BCUT2D eigenvalue weighted by atomic mass is 19.4. The first-order valence-corrected chi connectivity index (χ1v) is 8.52. The molecule has 8 nitrogen and oxygen atoms in total. The molecule has 2 aromatic rings. The molecule has 0 aliphatic carbocycles. The Morgan fingerprint density at radius 1 is 1.03 bits per heavy atom. The molecule has 0 saturated carbocycles. The monoisotopic (exact) mass is 459 g/mol. The van der Waals surface area contributed by atoms with Gasteiger partial charge < -0.3 is 0 Å². The van der Waals surface area contributed by atoms with Gasteiger partial charge in [-0.15, -0.1) is 5.10 Å². The molecule has 0 saturated heterocycles. The van der Waals surface area contributed by atoms with Crippen molar-refractivity contribution in [3.05, 3.63) is 53.4 Å². The van der Waals surface area contributed by atoms with Crippen LogP contribution in [0.4, 0.5) is 26.3 Å². The van der Waals surface area contributed by atoms with Gasteiger partial charge in [0.05, 0.1) is 11.1 Å². The minimum Gasteiger partial charge on any atom is -0.268 e. The number of hydrogen-bond donors (Lipinski definition) is 1. The second-order valence-corrected chi connectivity index (χ2v) is 6.44. The zero-order chi connectivity index (χ0) is 23.8. The van der Waals surface area contributed by atoms with Gasteiger partial charge in [-0.3, -0.25) is 19.8 Å². The van der Waals surface area contributed by atoms with Gasteiger partial charge in [0.2, 0.25) is 0 Å². The first-order chi connectivity index (χ1) is 14.8. The molecule has 0 unspecified atom stereocenters. The Morgan fingerprint density at radius 3 is 2.12 bits per heavy atom. The number of hydrogen-bond acceptors (Lipinski definition) is 5. The van der Waals surface area contributed by atoms with E-state index in [1.807, 2.05) is 5.43 Å². The number of carbonyl (C=O) groups is 3. The lowest BCUT2D eigenvalue weighted by molar-refractivity contribution is -0.145. The fourth-order valence-corrected chi connectivity index (χ4v) is 2.55. The number of imide groups is 1. The van der Waals surface area contributed by atoms with Crippen LogP contribution < -0.4 is 5.43 Å². The molecule has 0 fully saturated rings. The summed E-state index contributed by atoms with van der Waals surface area (Å²) in [5.74, 6) is -2.88. The number of halogens is 6. The van der Waals surface area contributed by atoms with Crippen molar-refractivity contribution in [3.8, 4) is 11.4 Å². The van der Waals surface area contributed by atoms with Crippen molar-refractivity contribution < 1.29 is 40.7 Å². The summed E-state index contributed by atoms with van der Waals surface area (Å²) in [6, 6.07) is 0.902. The fraction of sp³-hybridized carbons (Fsp3) is 0.167. The predicted molar refractivity (Wildman–Crippen MR) is 94.5 cm³/mol. The van der Waals surface area contributed by atoms with E-state index in [1.165, 1.54) is 6.92 Å². The molecule has 0 radical (unpaired) electrons. The van der Waals surface area contributed by atoms with Crippen LogP contribution in [0.25, 0.3) is 17.6 Å².